The average Bonchev–Trinajstić information content (AvgIpc) is 2.16. The highest BCUT2D eigenvalue weighted by Gasteiger charge is 2.27. The Morgan fingerprint density at radius 1 is 1.56 bits per heavy atom. The third-order valence-corrected chi connectivity index (χ3v) is 2.55. The van der Waals surface area contributed by atoms with E-state index in [1.54, 1.807) is 4.90 Å². The third-order valence-electron chi connectivity index (χ3n) is 2.55. The Morgan fingerprint density at radius 3 is 2.81 bits per heavy atom. The molecule has 0 bridgehead atoms. The highest BCUT2D eigenvalue weighted by molar-refractivity contribution is 5.68. The van der Waals surface area contributed by atoms with Crippen LogP contribution >= 0.6 is 0 Å². The van der Waals surface area contributed by atoms with Gasteiger partial charge in [0.05, 0.1) is 6.07 Å². The zero-order valence-electron chi connectivity index (χ0n) is 10.3. The molecule has 0 N–H and O–H groups in total. The Bertz CT molecular complexity index is 288. The normalized spacial score (nSPS) is 21.4. The van der Waals surface area contributed by atoms with E-state index in [9.17, 15) is 4.79 Å². The summed E-state index contributed by atoms with van der Waals surface area (Å²) in [6.07, 6.45) is 2.27. The van der Waals surface area contributed by atoms with E-state index in [4.69, 9.17) is 10.00 Å². The van der Waals surface area contributed by atoms with Gasteiger partial charge in [0, 0.05) is 19.5 Å². The number of carbonyl (C=O) groups is 1. The molecule has 0 aromatic heterocycles. The summed E-state index contributed by atoms with van der Waals surface area (Å²) in [5.41, 5.74) is -0.445. The van der Waals surface area contributed by atoms with Crippen molar-refractivity contribution in [3.8, 4) is 6.07 Å². The molecule has 1 rings (SSSR count). The zero-order valence-corrected chi connectivity index (χ0v) is 10.3. The summed E-state index contributed by atoms with van der Waals surface area (Å²) < 4.78 is 5.31. The third kappa shape index (κ3) is 4.09. The number of nitrogens with zero attached hydrogens (tertiary/aromatic N) is 2. The lowest BCUT2D eigenvalue weighted by Gasteiger charge is -2.33. The van der Waals surface area contributed by atoms with E-state index in [1.807, 2.05) is 20.8 Å². The molecule has 0 radical (unpaired) electrons. The summed E-state index contributed by atoms with van der Waals surface area (Å²) in [4.78, 5) is 13.5. The number of likely N-dealkylation sites (tertiary alicyclic amines) is 1. The summed E-state index contributed by atoms with van der Waals surface area (Å²) in [5.74, 6) is 0.311. The van der Waals surface area contributed by atoms with Gasteiger partial charge in [0.25, 0.3) is 0 Å². The quantitative estimate of drug-likeness (QED) is 0.687. The number of nitriles is 1. The van der Waals surface area contributed by atoms with Crippen LogP contribution in [0.5, 0.6) is 0 Å². The second kappa shape index (κ2) is 5.20. The van der Waals surface area contributed by atoms with Gasteiger partial charge in [-0.05, 0) is 39.5 Å². The first kappa shape index (κ1) is 12.8. The van der Waals surface area contributed by atoms with Crippen molar-refractivity contribution in [3.63, 3.8) is 0 Å². The number of ether oxygens (including phenoxy) is 1. The maximum atomic E-state index is 11.8. The maximum absolute atomic E-state index is 11.8. The molecule has 0 spiro atoms. The second-order valence-electron chi connectivity index (χ2n) is 5.30. The molecule has 0 aromatic rings. The summed E-state index contributed by atoms with van der Waals surface area (Å²) in [7, 11) is 0. The van der Waals surface area contributed by atoms with Crippen molar-refractivity contribution in [1.29, 1.82) is 5.26 Å². The summed E-state index contributed by atoms with van der Waals surface area (Å²) in [5, 5.41) is 8.65. The molecule has 1 aliphatic heterocycles. The van der Waals surface area contributed by atoms with E-state index in [0.717, 1.165) is 19.4 Å². The van der Waals surface area contributed by atoms with Crippen molar-refractivity contribution in [2.75, 3.05) is 13.1 Å². The van der Waals surface area contributed by atoms with Crippen LogP contribution < -0.4 is 0 Å². The Kier molecular flexibility index (Phi) is 4.17. The molecule has 1 aliphatic rings. The van der Waals surface area contributed by atoms with Crippen LogP contribution in [0, 0.1) is 17.2 Å². The van der Waals surface area contributed by atoms with E-state index < -0.39 is 5.60 Å². The minimum absolute atomic E-state index is 0.255. The molecule has 4 heteroatoms. The van der Waals surface area contributed by atoms with Crippen molar-refractivity contribution in [2.24, 2.45) is 5.92 Å². The zero-order chi connectivity index (χ0) is 12.2. The summed E-state index contributed by atoms with van der Waals surface area (Å²) in [6, 6.07) is 2.17. The molecule has 90 valence electrons. The highest BCUT2D eigenvalue weighted by atomic mass is 16.6. The summed E-state index contributed by atoms with van der Waals surface area (Å²) >= 11 is 0. The predicted octanol–water partition coefficient (Wildman–Crippen LogP) is 2.55. The first-order valence-electron chi connectivity index (χ1n) is 5.77. The van der Waals surface area contributed by atoms with Crippen LogP contribution in [0.3, 0.4) is 0 Å². The van der Waals surface area contributed by atoms with Gasteiger partial charge >= 0.3 is 6.09 Å². The van der Waals surface area contributed by atoms with Gasteiger partial charge in [-0.2, -0.15) is 5.26 Å². The molecular formula is C12H20N2O2. The van der Waals surface area contributed by atoms with E-state index >= 15 is 0 Å². The van der Waals surface area contributed by atoms with Gasteiger partial charge in [0.2, 0.25) is 0 Å². The van der Waals surface area contributed by atoms with Crippen LogP contribution in [0.25, 0.3) is 0 Å². The van der Waals surface area contributed by atoms with Gasteiger partial charge in [-0.15, -0.1) is 0 Å². The standard InChI is InChI=1S/C12H20N2O2/c1-12(2,3)16-11(15)14-8-4-5-10(9-14)6-7-13/h10H,4-6,8-9H2,1-3H3/t10-/m1/s1. The number of hydrogen-bond donors (Lipinski definition) is 0. The SMILES string of the molecule is CC(C)(C)OC(=O)N1CCC[C@H](CC#N)C1. The highest BCUT2D eigenvalue weighted by Crippen LogP contribution is 2.21. The Hall–Kier alpha value is -1.24. The molecule has 1 atom stereocenters. The fraction of sp³-hybridized carbons (Fsp3) is 0.833. The van der Waals surface area contributed by atoms with Gasteiger partial charge in [-0.3, -0.25) is 0 Å². The van der Waals surface area contributed by atoms with Crippen molar-refractivity contribution >= 4 is 6.09 Å². The average molecular weight is 224 g/mol. The Morgan fingerprint density at radius 2 is 2.25 bits per heavy atom. The number of rotatable bonds is 1. The number of piperidine rings is 1. The number of hydrogen-bond acceptors (Lipinski definition) is 3. The molecule has 0 aliphatic carbocycles. The van der Waals surface area contributed by atoms with Crippen LogP contribution in [0.4, 0.5) is 4.79 Å². The van der Waals surface area contributed by atoms with E-state index in [-0.39, 0.29) is 6.09 Å². The van der Waals surface area contributed by atoms with Crippen molar-refractivity contribution in [1.82, 2.24) is 4.90 Å². The molecular weight excluding hydrogens is 204 g/mol. The minimum Gasteiger partial charge on any atom is -0.444 e. The van der Waals surface area contributed by atoms with Gasteiger partial charge in [-0.25, -0.2) is 4.79 Å². The fourth-order valence-corrected chi connectivity index (χ4v) is 1.85. The smallest absolute Gasteiger partial charge is 0.410 e. The molecule has 16 heavy (non-hydrogen) atoms. The van der Waals surface area contributed by atoms with Crippen molar-refractivity contribution < 1.29 is 9.53 Å². The monoisotopic (exact) mass is 224 g/mol. The maximum Gasteiger partial charge on any atom is 0.410 e. The van der Waals surface area contributed by atoms with Crippen LogP contribution in [0.15, 0.2) is 0 Å². The van der Waals surface area contributed by atoms with Crippen LogP contribution in [0.2, 0.25) is 0 Å². The predicted molar refractivity (Wildman–Crippen MR) is 60.8 cm³/mol. The topological polar surface area (TPSA) is 53.3 Å². The molecule has 1 amide bonds. The molecule has 4 nitrogen and oxygen atoms in total. The van der Waals surface area contributed by atoms with Crippen LogP contribution in [-0.4, -0.2) is 29.7 Å². The molecule has 1 fully saturated rings. The lowest BCUT2D eigenvalue weighted by Crippen LogP contribution is -2.42. The molecule has 0 aromatic carbocycles. The second-order valence-corrected chi connectivity index (χ2v) is 5.30. The lowest BCUT2D eigenvalue weighted by atomic mass is 9.96. The molecule has 0 unspecified atom stereocenters. The van der Waals surface area contributed by atoms with Crippen LogP contribution in [-0.2, 0) is 4.74 Å². The van der Waals surface area contributed by atoms with Gasteiger partial charge in [0.1, 0.15) is 5.60 Å². The first-order chi connectivity index (χ1) is 7.42. The Labute approximate surface area is 97.2 Å². The van der Waals surface area contributed by atoms with E-state index in [2.05, 4.69) is 6.07 Å². The van der Waals surface area contributed by atoms with E-state index in [0.29, 0.717) is 18.9 Å². The summed E-state index contributed by atoms with van der Waals surface area (Å²) in [6.45, 7) is 6.99. The van der Waals surface area contributed by atoms with Gasteiger partial charge in [0.15, 0.2) is 0 Å². The number of amides is 1. The van der Waals surface area contributed by atoms with Crippen molar-refractivity contribution in [2.45, 2.75) is 45.6 Å². The molecule has 1 saturated heterocycles. The number of carbonyl (C=O) groups excluding carboxylic acids is 1. The minimum atomic E-state index is -0.445. The molecule has 1 heterocycles. The van der Waals surface area contributed by atoms with Crippen LogP contribution in [0.1, 0.15) is 40.0 Å². The van der Waals surface area contributed by atoms with E-state index in [1.165, 1.54) is 0 Å². The molecule has 0 saturated carbocycles. The van der Waals surface area contributed by atoms with Gasteiger partial charge in [-0.1, -0.05) is 0 Å². The van der Waals surface area contributed by atoms with Gasteiger partial charge < -0.3 is 9.64 Å². The largest absolute Gasteiger partial charge is 0.444 e. The lowest BCUT2D eigenvalue weighted by molar-refractivity contribution is 0.0168. The Balaban J connectivity index is 2.48. The first-order valence-corrected chi connectivity index (χ1v) is 5.77. The fourth-order valence-electron chi connectivity index (χ4n) is 1.85. The van der Waals surface area contributed by atoms with Crippen molar-refractivity contribution in [3.05, 3.63) is 0 Å².